The monoisotopic (exact) mass is 694 g/mol. The summed E-state index contributed by atoms with van der Waals surface area (Å²) in [7, 11) is -6.21. The van der Waals surface area contributed by atoms with Gasteiger partial charge in [-0.25, -0.2) is 17.6 Å². The number of carbonyl (C=O) groups is 1. The second-order valence-corrected chi connectivity index (χ2v) is 12.8. The Labute approximate surface area is 244 Å². The fraction of sp³-hybridized carbons (Fsp3) is 0.321. The molecule has 3 rings (SSSR count). The first-order chi connectivity index (χ1) is 18.6. The van der Waals surface area contributed by atoms with Gasteiger partial charge in [-0.15, -0.1) is 0 Å². The molecule has 0 atom stereocenters. The van der Waals surface area contributed by atoms with Gasteiger partial charge in [-0.2, -0.15) is 8.78 Å². The van der Waals surface area contributed by atoms with Gasteiger partial charge in [-0.05, 0) is 65.8 Å². The van der Waals surface area contributed by atoms with Crippen molar-refractivity contribution in [1.82, 2.24) is 0 Å². The molecular formula is C28H30F3IO5S2. The van der Waals surface area contributed by atoms with Gasteiger partial charge >= 0.3 is 11.2 Å². The largest absolute Gasteiger partial charge is 0.743 e. The zero-order valence-electron chi connectivity index (χ0n) is 21.1. The summed E-state index contributed by atoms with van der Waals surface area (Å²) in [4.78, 5) is 14.3. The maximum Gasteiger partial charge on any atom is 0.428 e. The van der Waals surface area contributed by atoms with E-state index in [1.54, 1.807) is 0 Å². The summed E-state index contributed by atoms with van der Waals surface area (Å²) in [6, 6.07) is 27.5. The van der Waals surface area contributed by atoms with E-state index in [0.29, 0.717) is 12.8 Å². The predicted octanol–water partition coefficient (Wildman–Crippen LogP) is 7.36. The highest BCUT2D eigenvalue weighted by Gasteiger charge is 2.48. The van der Waals surface area contributed by atoms with Gasteiger partial charge in [-0.3, -0.25) is 0 Å². The lowest BCUT2D eigenvalue weighted by Gasteiger charge is -2.17. The Balaban J connectivity index is 0.000000274. The van der Waals surface area contributed by atoms with Crippen molar-refractivity contribution in [1.29, 1.82) is 0 Å². The van der Waals surface area contributed by atoms with Crippen molar-refractivity contribution in [3.05, 3.63) is 90.7 Å². The van der Waals surface area contributed by atoms with E-state index in [9.17, 15) is 30.9 Å². The lowest BCUT2D eigenvalue weighted by molar-refractivity contribution is -0.161. The summed E-state index contributed by atoms with van der Waals surface area (Å²) in [5.41, 5.74) is 0. The van der Waals surface area contributed by atoms with Gasteiger partial charge in [0, 0.05) is 0 Å². The lowest BCUT2D eigenvalue weighted by Crippen LogP contribution is -2.39. The average Bonchev–Trinajstić information content (AvgIpc) is 2.92. The van der Waals surface area contributed by atoms with Crippen LogP contribution in [0.15, 0.2) is 99.6 Å². The molecule has 212 valence electrons. The second kappa shape index (κ2) is 16.9. The normalized spacial score (nSPS) is 11.5. The van der Waals surface area contributed by atoms with Gasteiger partial charge in [0.1, 0.15) is 5.82 Å². The third-order valence-corrected chi connectivity index (χ3v) is 9.11. The number of esters is 1. The van der Waals surface area contributed by atoms with Gasteiger partial charge in [0.2, 0.25) is 0 Å². The van der Waals surface area contributed by atoms with Crippen molar-refractivity contribution in [2.24, 2.45) is 0 Å². The fourth-order valence-corrected chi connectivity index (χ4v) is 6.23. The number of alkyl halides is 3. The maximum atomic E-state index is 13.2. The molecule has 0 heterocycles. The van der Waals surface area contributed by atoms with Crippen molar-refractivity contribution >= 4 is 49.6 Å². The van der Waals surface area contributed by atoms with Crippen LogP contribution in [-0.2, 0) is 30.5 Å². The number of hydrogen-bond acceptors (Lipinski definition) is 5. The molecule has 0 radical (unpaired) electrons. The van der Waals surface area contributed by atoms with Crippen LogP contribution in [0.2, 0.25) is 0 Å². The fourth-order valence-electron chi connectivity index (χ4n) is 3.35. The number of halogens is 4. The van der Waals surface area contributed by atoms with Crippen molar-refractivity contribution < 1.29 is 35.7 Å². The molecule has 5 nitrogen and oxygen atoms in total. The van der Waals surface area contributed by atoms with Gasteiger partial charge in [-0.1, -0.05) is 84.7 Å². The minimum Gasteiger partial charge on any atom is -0.743 e. The van der Waals surface area contributed by atoms with E-state index in [4.69, 9.17) is 0 Å². The highest BCUT2D eigenvalue weighted by atomic mass is 127. The predicted molar refractivity (Wildman–Crippen MR) is 154 cm³/mol. The summed E-state index contributed by atoms with van der Waals surface area (Å²) in [5.74, 6) is -2.49. The summed E-state index contributed by atoms with van der Waals surface area (Å²) in [6.45, 7) is -0.309. The van der Waals surface area contributed by atoms with Crippen LogP contribution in [0.1, 0.15) is 38.5 Å². The van der Waals surface area contributed by atoms with E-state index in [0.717, 1.165) is 35.0 Å². The van der Waals surface area contributed by atoms with Crippen LogP contribution < -0.4 is 0 Å². The molecule has 0 aliphatic heterocycles. The molecular weight excluding hydrogens is 664 g/mol. The molecule has 39 heavy (non-hydrogen) atoms. The smallest absolute Gasteiger partial charge is 0.428 e. The Kier molecular flexibility index (Phi) is 14.3. The van der Waals surface area contributed by atoms with Gasteiger partial charge in [0.05, 0.1) is 17.5 Å². The van der Waals surface area contributed by atoms with Crippen LogP contribution in [0.25, 0.3) is 0 Å². The maximum absolute atomic E-state index is 13.2. The van der Waals surface area contributed by atoms with Crippen LogP contribution in [-0.4, -0.2) is 35.2 Å². The van der Waals surface area contributed by atoms with Crippen LogP contribution in [0, 0.1) is 5.82 Å². The molecule has 0 aromatic heterocycles. The molecule has 0 bridgehead atoms. The Morgan fingerprint density at radius 1 is 0.769 bits per heavy atom. The molecule has 0 spiro atoms. The minimum atomic E-state index is -6.02. The van der Waals surface area contributed by atoms with Crippen LogP contribution in [0.4, 0.5) is 13.2 Å². The van der Waals surface area contributed by atoms with Crippen LogP contribution in [0.5, 0.6) is 0 Å². The lowest BCUT2D eigenvalue weighted by atomic mass is 10.1. The Morgan fingerprint density at radius 3 is 1.67 bits per heavy atom. The standard InChI is InChI=1S/C18H14FS.C10H17F2IO5S/c19-15-11-13-18(14-12-15)20(16-7-3-1-4-8-16)17-9-5-2-6-10-17;11-10(12,19(15,16)17)9(14)18-8-6-4-2-1-3-5-7-13/h1-14H;1-8H2,(H,15,16,17)/q+1;/p-1. The zero-order valence-corrected chi connectivity index (χ0v) is 24.9. The average molecular weight is 695 g/mol. The van der Waals surface area contributed by atoms with E-state index in [-0.39, 0.29) is 23.3 Å². The molecule has 0 aliphatic rings. The molecule has 0 amide bonds. The van der Waals surface area contributed by atoms with Crippen LogP contribution >= 0.6 is 22.6 Å². The third kappa shape index (κ3) is 11.1. The number of hydrogen-bond donors (Lipinski definition) is 0. The van der Waals surface area contributed by atoms with Crippen molar-refractivity contribution in [3.63, 3.8) is 0 Å². The van der Waals surface area contributed by atoms with E-state index in [2.05, 4.69) is 51.6 Å². The minimum absolute atomic E-state index is 0.190. The molecule has 3 aromatic carbocycles. The molecule has 3 aromatic rings. The molecule has 0 fully saturated rings. The SMILES string of the molecule is Fc1ccc([S+](c2ccccc2)c2ccccc2)cc1.O=C(OCCCCCCCCI)C(F)(F)S(=O)(=O)[O-]. The number of ether oxygens (including phenoxy) is 1. The number of benzene rings is 3. The zero-order chi connectivity index (χ0) is 28.7. The summed E-state index contributed by atoms with van der Waals surface area (Å²) < 4.78 is 74.0. The first-order valence-electron chi connectivity index (χ1n) is 12.2. The van der Waals surface area contributed by atoms with Crippen molar-refractivity contribution in [3.8, 4) is 0 Å². The summed E-state index contributed by atoms with van der Waals surface area (Å²) >= 11 is 2.28. The van der Waals surface area contributed by atoms with Gasteiger partial charge in [0.15, 0.2) is 24.8 Å². The van der Waals surface area contributed by atoms with E-state index >= 15 is 0 Å². The molecule has 0 N–H and O–H groups in total. The molecule has 0 aliphatic carbocycles. The quantitative estimate of drug-likeness (QED) is 0.0467. The van der Waals surface area contributed by atoms with Crippen LogP contribution in [0.3, 0.4) is 0 Å². The Bertz CT molecular complexity index is 1190. The Hall–Kier alpha value is -2.09. The first kappa shape index (κ1) is 33.1. The Morgan fingerprint density at radius 2 is 1.21 bits per heavy atom. The van der Waals surface area contributed by atoms with Gasteiger partial charge in [0.25, 0.3) is 0 Å². The number of unbranched alkanes of at least 4 members (excludes halogenated alkanes) is 5. The molecule has 0 saturated heterocycles. The molecule has 11 heteroatoms. The van der Waals surface area contributed by atoms with E-state index in [1.807, 2.05) is 48.5 Å². The molecule has 0 unspecified atom stereocenters. The topological polar surface area (TPSA) is 83.5 Å². The number of rotatable bonds is 13. The summed E-state index contributed by atoms with van der Waals surface area (Å²) in [6.07, 6.45) is 5.19. The first-order valence-corrected chi connectivity index (χ1v) is 16.4. The highest BCUT2D eigenvalue weighted by Crippen LogP contribution is 2.30. The molecule has 0 saturated carbocycles. The van der Waals surface area contributed by atoms with E-state index in [1.165, 1.54) is 21.9 Å². The number of carbonyl (C=O) groups excluding carboxylic acids is 1. The summed E-state index contributed by atoms with van der Waals surface area (Å²) in [5, 5.41) is -5.01. The highest BCUT2D eigenvalue weighted by molar-refractivity contribution is 14.1. The third-order valence-electron chi connectivity index (χ3n) is 5.32. The second-order valence-electron chi connectivity index (χ2n) is 8.30. The van der Waals surface area contributed by atoms with E-state index < -0.39 is 21.3 Å². The van der Waals surface area contributed by atoms with Gasteiger partial charge < -0.3 is 9.29 Å². The van der Waals surface area contributed by atoms with Crippen molar-refractivity contribution in [2.75, 3.05) is 11.0 Å². The van der Waals surface area contributed by atoms with Crippen molar-refractivity contribution in [2.45, 2.75) is 58.5 Å².